The van der Waals surface area contributed by atoms with E-state index in [0.29, 0.717) is 18.0 Å². The van der Waals surface area contributed by atoms with Crippen molar-refractivity contribution in [3.05, 3.63) is 22.8 Å². The number of aromatic nitrogens is 1. The van der Waals surface area contributed by atoms with Gasteiger partial charge in [0.2, 0.25) is 0 Å². The van der Waals surface area contributed by atoms with Crippen LogP contribution >= 0.6 is 11.6 Å². The second-order valence-corrected chi connectivity index (χ2v) is 4.19. The number of rotatable bonds is 2. The Bertz CT molecular complexity index is 558. The van der Waals surface area contributed by atoms with Gasteiger partial charge in [-0.1, -0.05) is 11.6 Å². The predicted molar refractivity (Wildman–Crippen MR) is 62.8 cm³/mol. The molecule has 2 N–H and O–H groups in total. The van der Waals surface area contributed by atoms with Crippen LogP contribution in [0.5, 0.6) is 0 Å². The summed E-state index contributed by atoms with van der Waals surface area (Å²) in [6.45, 7) is 0.0838. The first-order valence-electron chi connectivity index (χ1n) is 5.15. The zero-order chi connectivity index (χ0) is 14.2. The number of pyridine rings is 1. The fourth-order valence-corrected chi connectivity index (χ4v) is 1.75. The average molecular weight is 293 g/mol. The highest BCUT2D eigenvalue weighted by Gasteiger charge is 2.33. The maximum atomic E-state index is 12.4. The molecular formula is C10H8ClF3N4O. The Labute approximate surface area is 110 Å². The molecule has 0 spiro atoms. The van der Waals surface area contributed by atoms with Gasteiger partial charge in [0, 0.05) is 12.7 Å². The molecule has 102 valence electrons. The molecule has 9 heteroatoms. The molecule has 0 unspecified atom stereocenters. The molecule has 1 aromatic rings. The molecule has 0 bridgehead atoms. The van der Waals surface area contributed by atoms with Crippen molar-refractivity contribution >= 4 is 29.0 Å². The molecule has 2 heterocycles. The van der Waals surface area contributed by atoms with E-state index >= 15 is 0 Å². The van der Waals surface area contributed by atoms with Gasteiger partial charge in [0.05, 0.1) is 22.7 Å². The molecule has 0 aliphatic carbocycles. The Balaban J connectivity index is 2.37. The van der Waals surface area contributed by atoms with E-state index in [1.165, 1.54) is 0 Å². The van der Waals surface area contributed by atoms with E-state index in [2.05, 4.69) is 10.1 Å². The van der Waals surface area contributed by atoms with Gasteiger partial charge in [-0.15, -0.1) is 0 Å². The lowest BCUT2D eigenvalue weighted by Gasteiger charge is -2.14. The van der Waals surface area contributed by atoms with Crippen LogP contribution in [0.25, 0.3) is 0 Å². The lowest BCUT2D eigenvalue weighted by atomic mass is 10.2. The van der Waals surface area contributed by atoms with Crippen molar-refractivity contribution in [1.29, 1.82) is 0 Å². The summed E-state index contributed by atoms with van der Waals surface area (Å²) in [6, 6.07) is 0.702. The third kappa shape index (κ3) is 2.69. The third-order valence-corrected chi connectivity index (χ3v) is 2.70. The summed E-state index contributed by atoms with van der Waals surface area (Å²) in [7, 11) is 0. The summed E-state index contributed by atoms with van der Waals surface area (Å²) in [6.07, 6.45) is -3.93. The van der Waals surface area contributed by atoms with E-state index in [9.17, 15) is 18.0 Å². The van der Waals surface area contributed by atoms with Gasteiger partial charge < -0.3 is 5.73 Å². The standard InChI is InChI=1S/C10H8ClF3N4O/c11-7-1-5(10(12,13)14)4-16-9(7)18-8(19)2-6(3-15)17-18/h1,4H,2-3,15H2. The van der Waals surface area contributed by atoms with Gasteiger partial charge in [-0.3, -0.25) is 4.79 Å². The number of anilines is 1. The van der Waals surface area contributed by atoms with Crippen LogP contribution in [-0.2, 0) is 11.0 Å². The highest BCUT2D eigenvalue weighted by Crippen LogP contribution is 2.34. The summed E-state index contributed by atoms with van der Waals surface area (Å²) in [5.74, 6) is -0.572. The summed E-state index contributed by atoms with van der Waals surface area (Å²) in [5.41, 5.74) is 4.77. The fraction of sp³-hybridized carbons (Fsp3) is 0.300. The number of nitrogens with zero attached hydrogens (tertiary/aromatic N) is 3. The molecule has 5 nitrogen and oxygen atoms in total. The van der Waals surface area contributed by atoms with Gasteiger partial charge in [0.1, 0.15) is 0 Å². The number of hydrogen-bond acceptors (Lipinski definition) is 4. The lowest BCUT2D eigenvalue weighted by Crippen LogP contribution is -2.21. The number of carbonyl (C=O) groups excluding carboxylic acids is 1. The number of hydrogen-bond donors (Lipinski definition) is 1. The van der Waals surface area contributed by atoms with Gasteiger partial charge in [0.15, 0.2) is 5.82 Å². The second kappa shape index (κ2) is 4.78. The average Bonchev–Trinajstić information content (AvgIpc) is 2.69. The molecule has 0 fully saturated rings. The van der Waals surface area contributed by atoms with Gasteiger partial charge in [-0.2, -0.15) is 23.3 Å². The smallest absolute Gasteiger partial charge is 0.325 e. The molecule has 2 rings (SSSR count). The van der Waals surface area contributed by atoms with Gasteiger partial charge >= 0.3 is 6.18 Å². The maximum Gasteiger partial charge on any atom is 0.417 e. The largest absolute Gasteiger partial charge is 0.417 e. The van der Waals surface area contributed by atoms with Crippen molar-refractivity contribution in [2.24, 2.45) is 10.8 Å². The van der Waals surface area contributed by atoms with Gasteiger partial charge in [0.25, 0.3) is 5.91 Å². The van der Waals surface area contributed by atoms with E-state index in [4.69, 9.17) is 17.3 Å². The molecule has 0 saturated carbocycles. The first-order valence-corrected chi connectivity index (χ1v) is 5.53. The van der Waals surface area contributed by atoms with Gasteiger partial charge in [-0.25, -0.2) is 4.98 Å². The van der Waals surface area contributed by atoms with E-state index in [0.717, 1.165) is 5.01 Å². The van der Waals surface area contributed by atoms with Crippen molar-refractivity contribution in [2.45, 2.75) is 12.6 Å². The van der Waals surface area contributed by atoms with Crippen LogP contribution in [0, 0.1) is 0 Å². The Morgan fingerprint density at radius 2 is 2.16 bits per heavy atom. The number of alkyl halides is 3. The summed E-state index contributed by atoms with van der Waals surface area (Å²) in [4.78, 5) is 15.2. The van der Waals surface area contributed by atoms with Crippen LogP contribution < -0.4 is 10.7 Å². The van der Waals surface area contributed by atoms with Crippen LogP contribution in [-0.4, -0.2) is 23.1 Å². The molecule has 0 saturated heterocycles. The zero-order valence-corrected chi connectivity index (χ0v) is 10.2. The molecule has 1 aliphatic heterocycles. The summed E-state index contributed by atoms with van der Waals surface area (Å²) >= 11 is 5.71. The number of halogens is 4. The van der Waals surface area contributed by atoms with Crippen LogP contribution in [0.3, 0.4) is 0 Å². The van der Waals surface area contributed by atoms with Crippen molar-refractivity contribution in [2.75, 3.05) is 11.6 Å². The van der Waals surface area contributed by atoms with Crippen LogP contribution in [0.1, 0.15) is 12.0 Å². The number of nitrogens with two attached hydrogens (primary N) is 1. The van der Waals surface area contributed by atoms with Gasteiger partial charge in [-0.05, 0) is 6.07 Å². The SMILES string of the molecule is NCC1=NN(c2ncc(C(F)(F)F)cc2Cl)C(=O)C1. The van der Waals surface area contributed by atoms with Crippen LogP contribution in [0.4, 0.5) is 19.0 Å². The van der Waals surface area contributed by atoms with Crippen molar-refractivity contribution in [3.63, 3.8) is 0 Å². The molecule has 1 aromatic heterocycles. The maximum absolute atomic E-state index is 12.4. The second-order valence-electron chi connectivity index (χ2n) is 3.78. The monoisotopic (exact) mass is 292 g/mol. The summed E-state index contributed by atoms with van der Waals surface area (Å²) in [5, 5.41) is 4.42. The molecule has 0 radical (unpaired) electrons. The van der Waals surface area contributed by atoms with E-state index < -0.39 is 17.6 Å². The van der Waals surface area contributed by atoms with Crippen LogP contribution in [0.15, 0.2) is 17.4 Å². The Morgan fingerprint density at radius 3 is 2.63 bits per heavy atom. The molecular weight excluding hydrogens is 285 g/mol. The minimum absolute atomic E-state index is 0.00946. The van der Waals surface area contributed by atoms with Crippen molar-refractivity contribution < 1.29 is 18.0 Å². The molecule has 19 heavy (non-hydrogen) atoms. The normalized spacial score (nSPS) is 15.9. The quantitative estimate of drug-likeness (QED) is 0.903. The first-order chi connectivity index (χ1) is 8.82. The van der Waals surface area contributed by atoms with Crippen molar-refractivity contribution in [3.8, 4) is 0 Å². The first kappa shape index (κ1) is 13.8. The number of amides is 1. The van der Waals surface area contributed by atoms with Crippen molar-refractivity contribution in [1.82, 2.24) is 4.98 Å². The number of hydrazone groups is 1. The van der Waals surface area contributed by atoms with E-state index in [1.54, 1.807) is 0 Å². The minimum Gasteiger partial charge on any atom is -0.325 e. The van der Waals surface area contributed by atoms with E-state index in [1.807, 2.05) is 0 Å². The zero-order valence-electron chi connectivity index (χ0n) is 9.41. The highest BCUT2D eigenvalue weighted by atomic mass is 35.5. The fourth-order valence-electron chi connectivity index (χ4n) is 1.50. The summed E-state index contributed by atoms with van der Waals surface area (Å²) < 4.78 is 37.3. The Kier molecular flexibility index (Phi) is 3.46. The molecule has 0 atom stereocenters. The Hall–Kier alpha value is -1.67. The Morgan fingerprint density at radius 1 is 1.47 bits per heavy atom. The molecule has 1 amide bonds. The lowest BCUT2D eigenvalue weighted by molar-refractivity contribution is -0.137. The predicted octanol–water partition coefficient (Wildman–Crippen LogP) is 1.81. The van der Waals surface area contributed by atoms with E-state index in [-0.39, 0.29) is 23.8 Å². The minimum atomic E-state index is -4.55. The van der Waals surface area contributed by atoms with Crippen LogP contribution in [0.2, 0.25) is 5.02 Å². The highest BCUT2D eigenvalue weighted by molar-refractivity contribution is 6.33. The number of carbonyl (C=O) groups is 1. The molecule has 0 aromatic carbocycles. The topological polar surface area (TPSA) is 71.6 Å². The third-order valence-electron chi connectivity index (χ3n) is 2.42. The molecule has 1 aliphatic rings.